The van der Waals surface area contributed by atoms with Gasteiger partial charge in [0.15, 0.2) is 0 Å². The highest BCUT2D eigenvalue weighted by atomic mass is 16.7. The van der Waals surface area contributed by atoms with E-state index in [0.29, 0.717) is 24.3 Å². The molecule has 0 bridgehead atoms. The van der Waals surface area contributed by atoms with Crippen molar-refractivity contribution < 1.29 is 28.4 Å². The Hall–Kier alpha value is -6.66. The maximum absolute atomic E-state index is 6.77. The minimum Gasteiger partial charge on any atom is -0.483 e. The SMILES string of the molecule is CCCCC1(Oc2ccccc2C)C=CC(OC(Oc2ccccc2)c2ccc3ccc(C(OC4=CCC(CCCC)(Oc5ccccc5C)C=C4)Oc4ccccc4)cc3c2)=CC1. The smallest absolute Gasteiger partial charge is 0.267 e. The Morgan fingerprint density at radius 2 is 0.891 bits per heavy atom. The van der Waals surface area contributed by atoms with Gasteiger partial charge in [0.2, 0.25) is 0 Å². The van der Waals surface area contributed by atoms with Gasteiger partial charge in [0, 0.05) is 24.0 Å². The highest BCUT2D eigenvalue weighted by Gasteiger charge is 2.33. The summed E-state index contributed by atoms with van der Waals surface area (Å²) in [5.74, 6) is 4.70. The molecule has 6 nitrogen and oxygen atoms in total. The van der Waals surface area contributed by atoms with Gasteiger partial charge in [-0.15, -0.1) is 0 Å². The Labute approximate surface area is 379 Å². The fraction of sp³-hybridized carbons (Fsp3) is 0.276. The molecule has 8 rings (SSSR count). The molecular weight excluding hydrogens is 793 g/mol. The summed E-state index contributed by atoms with van der Waals surface area (Å²) >= 11 is 0. The first-order valence-electron chi connectivity index (χ1n) is 22.9. The van der Waals surface area contributed by atoms with Crippen LogP contribution in [0.25, 0.3) is 10.8 Å². The van der Waals surface area contributed by atoms with E-state index in [0.717, 1.165) is 94.6 Å². The Balaban J connectivity index is 1.06. The van der Waals surface area contributed by atoms with Crippen molar-refractivity contribution in [2.24, 2.45) is 0 Å². The van der Waals surface area contributed by atoms with Crippen molar-refractivity contribution in [3.05, 3.63) is 216 Å². The topological polar surface area (TPSA) is 55.4 Å². The van der Waals surface area contributed by atoms with Gasteiger partial charge in [-0.25, -0.2) is 0 Å². The summed E-state index contributed by atoms with van der Waals surface area (Å²) in [4.78, 5) is 0. The lowest BCUT2D eigenvalue weighted by Gasteiger charge is -2.34. The number of hydrogen-bond acceptors (Lipinski definition) is 6. The van der Waals surface area contributed by atoms with Crippen LogP contribution in [0.15, 0.2) is 194 Å². The van der Waals surface area contributed by atoms with Gasteiger partial charge in [-0.2, -0.15) is 0 Å². The minimum absolute atomic E-state index is 0.457. The molecule has 0 aliphatic heterocycles. The Morgan fingerprint density at radius 3 is 1.28 bits per heavy atom. The number of unbranched alkanes of at least 4 members (excludes halogenated alkanes) is 2. The van der Waals surface area contributed by atoms with E-state index in [2.05, 4.69) is 113 Å². The maximum Gasteiger partial charge on any atom is 0.267 e. The molecule has 6 aromatic carbocycles. The van der Waals surface area contributed by atoms with Gasteiger partial charge in [0.05, 0.1) is 0 Å². The van der Waals surface area contributed by atoms with Crippen LogP contribution in [0.1, 0.15) is 100 Å². The van der Waals surface area contributed by atoms with Gasteiger partial charge < -0.3 is 28.4 Å². The highest BCUT2D eigenvalue weighted by Crippen LogP contribution is 2.39. The third-order valence-electron chi connectivity index (χ3n) is 12.0. The molecule has 2 aliphatic carbocycles. The lowest BCUT2D eigenvalue weighted by Crippen LogP contribution is -2.35. The van der Waals surface area contributed by atoms with Gasteiger partial charge in [0.25, 0.3) is 12.6 Å². The normalized spacial score (nSPS) is 18.9. The van der Waals surface area contributed by atoms with Gasteiger partial charge in [-0.05, 0) is 146 Å². The molecule has 0 aromatic heterocycles. The van der Waals surface area contributed by atoms with E-state index in [1.54, 1.807) is 0 Å². The summed E-state index contributed by atoms with van der Waals surface area (Å²) in [7, 11) is 0. The summed E-state index contributed by atoms with van der Waals surface area (Å²) in [5, 5.41) is 2.07. The van der Waals surface area contributed by atoms with Crippen LogP contribution in [0, 0.1) is 13.8 Å². The fourth-order valence-electron chi connectivity index (χ4n) is 8.21. The van der Waals surface area contributed by atoms with E-state index in [1.807, 2.05) is 97.1 Å². The number of para-hydroxylation sites is 4. The zero-order chi connectivity index (χ0) is 44.2. The predicted molar refractivity (Wildman–Crippen MR) is 258 cm³/mol. The lowest BCUT2D eigenvalue weighted by atomic mass is 9.88. The van der Waals surface area contributed by atoms with Crippen LogP contribution in [0.4, 0.5) is 0 Å². The lowest BCUT2D eigenvalue weighted by molar-refractivity contribution is -0.0442. The number of rotatable bonds is 20. The van der Waals surface area contributed by atoms with Crippen LogP contribution in [0.3, 0.4) is 0 Å². The average molecular weight is 853 g/mol. The molecule has 0 heterocycles. The molecule has 4 atom stereocenters. The molecule has 0 saturated carbocycles. The molecule has 0 N–H and O–H groups in total. The number of aryl methyl sites for hydroxylation is 2. The second-order valence-electron chi connectivity index (χ2n) is 17.0. The number of allylic oxidation sites excluding steroid dienone is 2. The first kappa shape index (κ1) is 44.0. The summed E-state index contributed by atoms with van der Waals surface area (Å²) in [6, 6.07) is 48.7. The van der Waals surface area contributed by atoms with E-state index in [4.69, 9.17) is 28.4 Å². The fourth-order valence-corrected chi connectivity index (χ4v) is 8.21. The van der Waals surface area contributed by atoms with Crippen molar-refractivity contribution in [2.45, 2.75) is 103 Å². The minimum atomic E-state index is -0.730. The zero-order valence-corrected chi connectivity index (χ0v) is 37.6. The predicted octanol–water partition coefficient (Wildman–Crippen LogP) is 15.3. The average Bonchev–Trinajstić information content (AvgIpc) is 3.33. The van der Waals surface area contributed by atoms with Crippen molar-refractivity contribution in [1.29, 1.82) is 0 Å². The first-order valence-corrected chi connectivity index (χ1v) is 22.9. The molecule has 6 heteroatoms. The number of hydrogen-bond donors (Lipinski definition) is 0. The summed E-state index contributed by atoms with van der Waals surface area (Å²) in [5.41, 5.74) is 3.07. The van der Waals surface area contributed by atoms with Crippen molar-refractivity contribution in [3.8, 4) is 23.0 Å². The molecule has 0 spiro atoms. The molecule has 0 amide bonds. The molecular formula is C58H60O6. The van der Waals surface area contributed by atoms with E-state index < -0.39 is 23.8 Å². The third-order valence-corrected chi connectivity index (χ3v) is 12.0. The molecule has 0 radical (unpaired) electrons. The van der Waals surface area contributed by atoms with Crippen LogP contribution in [0.2, 0.25) is 0 Å². The van der Waals surface area contributed by atoms with Crippen LogP contribution in [-0.2, 0) is 9.47 Å². The Bertz CT molecular complexity index is 2420. The van der Waals surface area contributed by atoms with Crippen molar-refractivity contribution >= 4 is 10.8 Å². The molecule has 0 saturated heterocycles. The van der Waals surface area contributed by atoms with Crippen LogP contribution in [-0.4, -0.2) is 11.2 Å². The molecule has 2 aliphatic rings. The van der Waals surface area contributed by atoms with Crippen molar-refractivity contribution in [2.75, 3.05) is 0 Å². The Kier molecular flexibility index (Phi) is 14.2. The third kappa shape index (κ3) is 11.1. The molecule has 4 unspecified atom stereocenters. The van der Waals surface area contributed by atoms with Crippen LogP contribution in [0.5, 0.6) is 23.0 Å². The van der Waals surface area contributed by atoms with Crippen LogP contribution < -0.4 is 18.9 Å². The van der Waals surface area contributed by atoms with Gasteiger partial charge in [-0.3, -0.25) is 0 Å². The quantitative estimate of drug-likeness (QED) is 0.0713. The number of ether oxygens (including phenoxy) is 6. The van der Waals surface area contributed by atoms with Crippen molar-refractivity contribution in [1.82, 2.24) is 0 Å². The summed E-state index contributed by atoms with van der Waals surface area (Å²) < 4.78 is 40.3. The van der Waals surface area contributed by atoms with E-state index in [9.17, 15) is 0 Å². The number of benzene rings is 6. The van der Waals surface area contributed by atoms with E-state index in [-0.39, 0.29) is 0 Å². The van der Waals surface area contributed by atoms with E-state index in [1.165, 1.54) is 0 Å². The molecule has 64 heavy (non-hydrogen) atoms. The maximum atomic E-state index is 6.77. The molecule has 6 aromatic rings. The van der Waals surface area contributed by atoms with Crippen molar-refractivity contribution in [3.63, 3.8) is 0 Å². The summed E-state index contributed by atoms with van der Waals surface area (Å²) in [6.45, 7) is 8.61. The second-order valence-corrected chi connectivity index (χ2v) is 17.0. The largest absolute Gasteiger partial charge is 0.483 e. The summed E-state index contributed by atoms with van der Waals surface area (Å²) in [6.07, 6.45) is 18.7. The van der Waals surface area contributed by atoms with E-state index >= 15 is 0 Å². The van der Waals surface area contributed by atoms with Gasteiger partial charge in [-0.1, -0.05) is 124 Å². The second kappa shape index (κ2) is 20.7. The highest BCUT2D eigenvalue weighted by molar-refractivity contribution is 5.84. The first-order chi connectivity index (χ1) is 31.3. The van der Waals surface area contributed by atoms with Gasteiger partial charge in [0.1, 0.15) is 45.7 Å². The molecule has 0 fully saturated rings. The molecule has 328 valence electrons. The standard InChI is InChI=1S/C58H60O6/c1-5-7-35-57(63-53-25-17-15-19-43(53)3)37-31-51(32-38-57)61-55(59-49-21-11-9-12-22-49)46-29-27-45-28-30-47(42-48(45)41-46)56(60-50-23-13-10-14-24-50)62-52-33-39-58(40-34-52,36-8-6-2)64-54-26-18-16-20-44(54)4/h9-34,37,39,41-42,55-56H,5-8,35-36,38,40H2,1-4H3. The monoisotopic (exact) mass is 852 g/mol. The van der Waals surface area contributed by atoms with Crippen LogP contribution >= 0.6 is 0 Å². The zero-order valence-electron chi connectivity index (χ0n) is 37.6. The van der Waals surface area contributed by atoms with Gasteiger partial charge >= 0.3 is 0 Å². The number of fused-ring (bicyclic) bond motifs is 1. The Morgan fingerprint density at radius 1 is 0.469 bits per heavy atom.